The summed E-state index contributed by atoms with van der Waals surface area (Å²) in [5.74, 6) is -0.0000926. The first-order valence-electron chi connectivity index (χ1n) is 6.78. The normalized spacial score (nSPS) is 20.8. The third-order valence-corrected chi connectivity index (χ3v) is 3.92. The van der Waals surface area contributed by atoms with Crippen LogP contribution in [-0.2, 0) is 6.54 Å². The van der Waals surface area contributed by atoms with Gasteiger partial charge in [0.25, 0.3) is 5.91 Å². The Hall–Kier alpha value is -1.56. The van der Waals surface area contributed by atoms with Crippen LogP contribution in [0.3, 0.4) is 0 Å². The zero-order chi connectivity index (χ0) is 14.2. The van der Waals surface area contributed by atoms with Crippen LogP contribution in [0.4, 0.5) is 5.69 Å². The lowest BCUT2D eigenvalue weighted by molar-refractivity contribution is 0.0562. The van der Waals surface area contributed by atoms with Crippen molar-refractivity contribution in [2.45, 2.75) is 33.4 Å². The summed E-state index contributed by atoms with van der Waals surface area (Å²) in [6, 6.07) is 0.373. The van der Waals surface area contributed by atoms with Crippen molar-refractivity contribution in [3.05, 3.63) is 11.4 Å². The number of likely N-dealkylation sites (N-methyl/N-ethyl adjacent to an activating group) is 1. The predicted octanol–water partition coefficient (Wildman–Crippen LogP) is 0.570. The minimum atomic E-state index is -0.0000926. The molecule has 19 heavy (non-hydrogen) atoms. The molecule has 1 aliphatic heterocycles. The van der Waals surface area contributed by atoms with Gasteiger partial charge in [0, 0.05) is 32.2 Å². The molecule has 1 aliphatic rings. The number of hydrogen-bond donors (Lipinski definition) is 1. The lowest BCUT2D eigenvalue weighted by Gasteiger charge is -2.37. The van der Waals surface area contributed by atoms with E-state index in [1.54, 1.807) is 4.68 Å². The molecule has 1 unspecified atom stereocenters. The number of aromatic nitrogens is 2. The third kappa shape index (κ3) is 2.45. The minimum Gasteiger partial charge on any atom is -0.395 e. The summed E-state index contributed by atoms with van der Waals surface area (Å²) in [5, 5.41) is 4.31. The number of hydrogen-bond acceptors (Lipinski definition) is 4. The Kier molecular flexibility index (Phi) is 3.80. The first-order valence-corrected chi connectivity index (χ1v) is 6.78. The summed E-state index contributed by atoms with van der Waals surface area (Å²) >= 11 is 0. The van der Waals surface area contributed by atoms with Crippen LogP contribution in [0.1, 0.15) is 30.0 Å². The molecule has 6 nitrogen and oxygen atoms in total. The van der Waals surface area contributed by atoms with E-state index in [2.05, 4.69) is 24.0 Å². The standard InChI is InChI=1S/C13H23N5O/c1-5-18-12(11(14)10(3)15-18)13(19)17-7-6-16(4)9(2)8-17/h9H,5-8,14H2,1-4H3. The van der Waals surface area contributed by atoms with Gasteiger partial charge in [-0.3, -0.25) is 9.48 Å². The first kappa shape index (κ1) is 13.9. The Morgan fingerprint density at radius 3 is 2.74 bits per heavy atom. The molecule has 1 amide bonds. The van der Waals surface area contributed by atoms with Gasteiger partial charge >= 0.3 is 0 Å². The Labute approximate surface area is 114 Å². The maximum Gasteiger partial charge on any atom is 0.274 e. The smallest absolute Gasteiger partial charge is 0.274 e. The van der Waals surface area contributed by atoms with Gasteiger partial charge in [-0.25, -0.2) is 0 Å². The van der Waals surface area contributed by atoms with Gasteiger partial charge < -0.3 is 15.5 Å². The minimum absolute atomic E-state index is 0.0000926. The second-order valence-electron chi connectivity index (χ2n) is 5.24. The van der Waals surface area contributed by atoms with Crippen molar-refractivity contribution >= 4 is 11.6 Å². The molecule has 2 N–H and O–H groups in total. The zero-order valence-electron chi connectivity index (χ0n) is 12.2. The molecule has 0 radical (unpaired) electrons. The van der Waals surface area contributed by atoms with E-state index < -0.39 is 0 Å². The number of nitrogen functional groups attached to an aromatic ring is 1. The highest BCUT2D eigenvalue weighted by atomic mass is 16.2. The van der Waals surface area contributed by atoms with Crippen LogP contribution in [0, 0.1) is 6.92 Å². The van der Waals surface area contributed by atoms with E-state index >= 15 is 0 Å². The van der Waals surface area contributed by atoms with Gasteiger partial charge in [-0.15, -0.1) is 0 Å². The molecule has 0 saturated carbocycles. The molecule has 1 saturated heterocycles. The third-order valence-electron chi connectivity index (χ3n) is 3.92. The number of anilines is 1. The molecule has 0 spiro atoms. The Bertz CT molecular complexity index is 482. The van der Waals surface area contributed by atoms with E-state index in [0.29, 0.717) is 24.0 Å². The zero-order valence-corrected chi connectivity index (χ0v) is 12.2. The fourth-order valence-electron chi connectivity index (χ4n) is 2.43. The summed E-state index contributed by atoms with van der Waals surface area (Å²) in [6.07, 6.45) is 0. The number of aryl methyl sites for hydroxylation is 2. The van der Waals surface area contributed by atoms with E-state index in [0.717, 1.165) is 25.3 Å². The average molecular weight is 265 g/mol. The van der Waals surface area contributed by atoms with Crippen LogP contribution in [0.25, 0.3) is 0 Å². The van der Waals surface area contributed by atoms with Crippen LogP contribution in [0.5, 0.6) is 0 Å². The summed E-state index contributed by atoms with van der Waals surface area (Å²) < 4.78 is 1.70. The molecule has 2 rings (SSSR count). The summed E-state index contributed by atoms with van der Waals surface area (Å²) in [6.45, 7) is 8.97. The molecule has 1 atom stereocenters. The number of carbonyl (C=O) groups is 1. The summed E-state index contributed by atoms with van der Waals surface area (Å²) in [4.78, 5) is 16.8. The Morgan fingerprint density at radius 1 is 1.47 bits per heavy atom. The van der Waals surface area contributed by atoms with Crippen molar-refractivity contribution in [3.63, 3.8) is 0 Å². The maximum atomic E-state index is 12.6. The quantitative estimate of drug-likeness (QED) is 0.849. The van der Waals surface area contributed by atoms with E-state index in [9.17, 15) is 4.79 Å². The van der Waals surface area contributed by atoms with Crippen molar-refractivity contribution in [2.75, 3.05) is 32.4 Å². The van der Waals surface area contributed by atoms with E-state index in [-0.39, 0.29) is 5.91 Å². The summed E-state index contributed by atoms with van der Waals surface area (Å²) in [5.41, 5.74) is 7.79. The maximum absolute atomic E-state index is 12.6. The fraction of sp³-hybridized carbons (Fsp3) is 0.692. The average Bonchev–Trinajstić information content (AvgIpc) is 2.68. The van der Waals surface area contributed by atoms with Crippen molar-refractivity contribution in [3.8, 4) is 0 Å². The molecule has 0 aromatic carbocycles. The van der Waals surface area contributed by atoms with Crippen LogP contribution in [0.15, 0.2) is 0 Å². The largest absolute Gasteiger partial charge is 0.395 e. The van der Waals surface area contributed by atoms with E-state index in [4.69, 9.17) is 5.73 Å². The van der Waals surface area contributed by atoms with Crippen molar-refractivity contribution in [1.82, 2.24) is 19.6 Å². The highest BCUT2D eigenvalue weighted by molar-refractivity contribution is 5.98. The molecule has 6 heteroatoms. The summed E-state index contributed by atoms with van der Waals surface area (Å²) in [7, 11) is 2.08. The monoisotopic (exact) mass is 265 g/mol. The molecule has 1 aromatic rings. The molecule has 1 fully saturated rings. The van der Waals surface area contributed by atoms with Crippen LogP contribution >= 0.6 is 0 Å². The molecule has 2 heterocycles. The Morgan fingerprint density at radius 2 is 2.16 bits per heavy atom. The SMILES string of the molecule is CCn1nc(C)c(N)c1C(=O)N1CCN(C)C(C)C1. The van der Waals surface area contributed by atoms with Crippen molar-refractivity contribution < 1.29 is 4.79 Å². The second-order valence-corrected chi connectivity index (χ2v) is 5.24. The van der Waals surface area contributed by atoms with E-state index in [1.165, 1.54) is 0 Å². The number of nitrogens with zero attached hydrogens (tertiary/aromatic N) is 4. The molecular formula is C13H23N5O. The van der Waals surface area contributed by atoms with Gasteiger partial charge in [0.05, 0.1) is 11.4 Å². The number of nitrogens with two attached hydrogens (primary N) is 1. The van der Waals surface area contributed by atoms with Gasteiger partial charge in [0.1, 0.15) is 5.69 Å². The second kappa shape index (κ2) is 5.21. The highest BCUT2D eigenvalue weighted by Gasteiger charge is 2.29. The first-order chi connectivity index (χ1) is 8.95. The molecule has 1 aromatic heterocycles. The highest BCUT2D eigenvalue weighted by Crippen LogP contribution is 2.20. The Balaban J connectivity index is 2.25. The molecular weight excluding hydrogens is 242 g/mol. The number of amides is 1. The van der Waals surface area contributed by atoms with Gasteiger partial charge in [0.2, 0.25) is 0 Å². The van der Waals surface area contributed by atoms with Gasteiger partial charge in [-0.2, -0.15) is 5.10 Å². The van der Waals surface area contributed by atoms with Crippen molar-refractivity contribution in [2.24, 2.45) is 0 Å². The lowest BCUT2D eigenvalue weighted by Crippen LogP contribution is -2.52. The van der Waals surface area contributed by atoms with Gasteiger partial charge in [-0.05, 0) is 27.8 Å². The van der Waals surface area contributed by atoms with Crippen LogP contribution < -0.4 is 5.73 Å². The van der Waals surface area contributed by atoms with Gasteiger partial charge in [0.15, 0.2) is 0 Å². The number of piperazine rings is 1. The van der Waals surface area contributed by atoms with Crippen LogP contribution in [-0.4, -0.2) is 58.2 Å². The molecule has 0 aliphatic carbocycles. The lowest BCUT2D eigenvalue weighted by atomic mass is 10.2. The predicted molar refractivity (Wildman–Crippen MR) is 75.0 cm³/mol. The van der Waals surface area contributed by atoms with Crippen molar-refractivity contribution in [1.29, 1.82) is 0 Å². The van der Waals surface area contributed by atoms with Crippen LogP contribution in [0.2, 0.25) is 0 Å². The fourth-order valence-corrected chi connectivity index (χ4v) is 2.43. The number of carbonyl (C=O) groups excluding carboxylic acids is 1. The topological polar surface area (TPSA) is 67.4 Å². The molecule has 0 bridgehead atoms. The molecule has 106 valence electrons. The van der Waals surface area contributed by atoms with Gasteiger partial charge in [-0.1, -0.05) is 0 Å². The number of rotatable bonds is 2. The van der Waals surface area contributed by atoms with E-state index in [1.807, 2.05) is 18.7 Å².